The molecule has 0 aliphatic heterocycles. The lowest BCUT2D eigenvalue weighted by atomic mass is 9.89. The van der Waals surface area contributed by atoms with Crippen LogP contribution in [0.4, 0.5) is 0 Å². The van der Waals surface area contributed by atoms with Gasteiger partial charge in [-0.2, -0.15) is 0 Å². The van der Waals surface area contributed by atoms with Crippen molar-refractivity contribution in [2.45, 2.75) is 44.4 Å². The maximum absolute atomic E-state index is 12.2. The van der Waals surface area contributed by atoms with E-state index < -0.39 is 0 Å². The number of amides is 2. The Bertz CT molecular complexity index is 611. The number of benzene rings is 1. The van der Waals surface area contributed by atoms with E-state index in [1.807, 2.05) is 24.3 Å². The number of hydrogen-bond donors (Lipinski definition) is 2. The molecule has 0 unspecified atom stereocenters. The molecule has 2 saturated carbocycles. The third kappa shape index (κ3) is 4.74. The van der Waals surface area contributed by atoms with E-state index in [0.29, 0.717) is 13.1 Å². The van der Waals surface area contributed by atoms with Crippen molar-refractivity contribution in [1.29, 1.82) is 0 Å². The smallest absolute Gasteiger partial charge is 0.223 e. The van der Waals surface area contributed by atoms with Gasteiger partial charge in [0.1, 0.15) is 5.75 Å². The van der Waals surface area contributed by atoms with Gasteiger partial charge in [0, 0.05) is 24.9 Å². The fourth-order valence-electron chi connectivity index (χ4n) is 3.74. The van der Waals surface area contributed by atoms with Gasteiger partial charge >= 0.3 is 0 Å². The van der Waals surface area contributed by atoms with Crippen LogP contribution in [0.2, 0.25) is 0 Å². The summed E-state index contributed by atoms with van der Waals surface area (Å²) in [6.07, 6.45) is 6.44. The van der Waals surface area contributed by atoms with Gasteiger partial charge in [-0.05, 0) is 42.9 Å². The maximum Gasteiger partial charge on any atom is 0.223 e. The molecule has 0 heterocycles. The molecule has 3 rings (SSSR count). The van der Waals surface area contributed by atoms with E-state index in [1.165, 1.54) is 6.42 Å². The Hall–Kier alpha value is -2.04. The highest BCUT2D eigenvalue weighted by atomic mass is 16.5. The topological polar surface area (TPSA) is 67.4 Å². The van der Waals surface area contributed by atoms with Crippen LogP contribution in [0.15, 0.2) is 24.3 Å². The van der Waals surface area contributed by atoms with Crippen molar-refractivity contribution >= 4 is 11.8 Å². The molecule has 0 bridgehead atoms. The second-order valence-corrected chi connectivity index (χ2v) is 7.14. The Balaban J connectivity index is 1.35. The van der Waals surface area contributed by atoms with Crippen LogP contribution in [0, 0.1) is 11.8 Å². The van der Waals surface area contributed by atoms with Gasteiger partial charge in [-0.15, -0.1) is 0 Å². The van der Waals surface area contributed by atoms with Crippen LogP contribution in [0.25, 0.3) is 0 Å². The summed E-state index contributed by atoms with van der Waals surface area (Å²) in [6, 6.07) is 7.92. The highest BCUT2D eigenvalue weighted by Crippen LogP contribution is 2.48. The number of carbonyl (C=O) groups excluding carboxylic acids is 2. The van der Waals surface area contributed by atoms with E-state index in [4.69, 9.17) is 4.74 Å². The zero-order chi connectivity index (χ0) is 17.6. The molecule has 5 heteroatoms. The average molecular weight is 344 g/mol. The summed E-state index contributed by atoms with van der Waals surface area (Å²) in [5, 5.41) is 5.90. The van der Waals surface area contributed by atoms with Crippen molar-refractivity contribution < 1.29 is 14.3 Å². The Morgan fingerprint density at radius 3 is 2.52 bits per heavy atom. The monoisotopic (exact) mass is 344 g/mol. The lowest BCUT2D eigenvalue weighted by molar-refractivity contribution is -0.126. The van der Waals surface area contributed by atoms with Crippen molar-refractivity contribution in [2.24, 2.45) is 11.8 Å². The molecule has 0 saturated heterocycles. The third-order valence-electron chi connectivity index (χ3n) is 5.35. The number of rotatable bonds is 7. The van der Waals surface area contributed by atoms with Gasteiger partial charge in [-0.1, -0.05) is 31.4 Å². The fourth-order valence-corrected chi connectivity index (χ4v) is 3.74. The number of hydrogen-bond acceptors (Lipinski definition) is 3. The number of methoxy groups -OCH3 is 1. The standard InChI is InChI=1S/C20H28N2O3/c1-25-16-9-5-8-15(12-16)17-13-18(17)20(24)22-11-10-21-19(23)14-6-3-2-4-7-14/h5,8-9,12,14,17-18H,2-4,6-7,10-11,13H2,1H3,(H,21,23)(H,22,24)/t17-,18-/m1/s1. The number of nitrogens with one attached hydrogen (secondary N) is 2. The summed E-state index contributed by atoms with van der Waals surface area (Å²) >= 11 is 0. The molecule has 2 aliphatic rings. The molecule has 2 atom stereocenters. The molecule has 2 N–H and O–H groups in total. The third-order valence-corrected chi connectivity index (χ3v) is 5.35. The molecule has 2 amide bonds. The SMILES string of the molecule is COc1cccc([C@H]2C[C@H]2C(=O)NCCNC(=O)C2CCCCC2)c1. The summed E-state index contributed by atoms with van der Waals surface area (Å²) in [6.45, 7) is 1.01. The molecule has 5 nitrogen and oxygen atoms in total. The van der Waals surface area contributed by atoms with Gasteiger partial charge in [-0.25, -0.2) is 0 Å². The Morgan fingerprint density at radius 1 is 1.08 bits per heavy atom. The highest BCUT2D eigenvalue weighted by molar-refractivity contribution is 5.83. The van der Waals surface area contributed by atoms with E-state index in [1.54, 1.807) is 7.11 Å². The number of ether oxygens (including phenoxy) is 1. The van der Waals surface area contributed by atoms with Gasteiger partial charge in [0.25, 0.3) is 0 Å². The van der Waals surface area contributed by atoms with E-state index >= 15 is 0 Å². The molecule has 25 heavy (non-hydrogen) atoms. The fraction of sp³-hybridized carbons (Fsp3) is 0.600. The maximum atomic E-state index is 12.2. The summed E-state index contributed by atoms with van der Waals surface area (Å²) in [5.41, 5.74) is 1.16. The summed E-state index contributed by atoms with van der Waals surface area (Å²) in [4.78, 5) is 24.3. The molecule has 136 valence electrons. The van der Waals surface area contributed by atoms with E-state index in [9.17, 15) is 9.59 Å². The van der Waals surface area contributed by atoms with Gasteiger partial charge < -0.3 is 15.4 Å². The normalized spacial score (nSPS) is 22.9. The highest BCUT2D eigenvalue weighted by Gasteiger charge is 2.43. The van der Waals surface area contributed by atoms with Crippen LogP contribution < -0.4 is 15.4 Å². The van der Waals surface area contributed by atoms with Crippen molar-refractivity contribution in [3.05, 3.63) is 29.8 Å². The molecule has 2 aliphatic carbocycles. The Labute approximate surface area is 149 Å². The second kappa shape index (κ2) is 8.37. The van der Waals surface area contributed by atoms with Crippen molar-refractivity contribution in [2.75, 3.05) is 20.2 Å². The first kappa shape index (κ1) is 17.8. The minimum atomic E-state index is 0.0427. The van der Waals surface area contributed by atoms with Crippen LogP contribution in [0.1, 0.15) is 50.0 Å². The largest absolute Gasteiger partial charge is 0.497 e. The van der Waals surface area contributed by atoms with Gasteiger partial charge in [-0.3, -0.25) is 9.59 Å². The predicted molar refractivity (Wildman–Crippen MR) is 96.4 cm³/mol. The first-order valence-corrected chi connectivity index (χ1v) is 9.38. The predicted octanol–water partition coefficient (Wildman–Crippen LogP) is 2.61. The zero-order valence-electron chi connectivity index (χ0n) is 14.9. The minimum absolute atomic E-state index is 0.0427. The van der Waals surface area contributed by atoms with Crippen LogP contribution in [0.3, 0.4) is 0 Å². The average Bonchev–Trinajstić information content (AvgIpc) is 3.46. The summed E-state index contributed by atoms with van der Waals surface area (Å²) in [7, 11) is 1.65. The first-order valence-electron chi connectivity index (χ1n) is 9.38. The molecule has 1 aromatic rings. The molecule has 0 aromatic heterocycles. The quantitative estimate of drug-likeness (QED) is 0.747. The first-order chi connectivity index (χ1) is 12.2. The van der Waals surface area contributed by atoms with Crippen LogP contribution in [0.5, 0.6) is 5.75 Å². The molecule has 1 aromatic carbocycles. The lowest BCUT2D eigenvalue weighted by Crippen LogP contribution is -2.38. The summed E-state index contributed by atoms with van der Waals surface area (Å²) < 4.78 is 5.24. The second-order valence-electron chi connectivity index (χ2n) is 7.14. The van der Waals surface area contributed by atoms with Gasteiger partial charge in [0.15, 0.2) is 0 Å². The van der Waals surface area contributed by atoms with Crippen LogP contribution in [-0.2, 0) is 9.59 Å². The van der Waals surface area contributed by atoms with Crippen LogP contribution in [-0.4, -0.2) is 32.0 Å². The molecular weight excluding hydrogens is 316 g/mol. The van der Waals surface area contributed by atoms with Crippen molar-refractivity contribution in [1.82, 2.24) is 10.6 Å². The van der Waals surface area contributed by atoms with Gasteiger partial charge in [0.05, 0.1) is 7.11 Å². The van der Waals surface area contributed by atoms with E-state index in [2.05, 4.69) is 10.6 Å². The minimum Gasteiger partial charge on any atom is -0.497 e. The molecule has 2 fully saturated rings. The molecule has 0 radical (unpaired) electrons. The van der Waals surface area contributed by atoms with Crippen molar-refractivity contribution in [3.8, 4) is 5.75 Å². The van der Waals surface area contributed by atoms with Gasteiger partial charge in [0.2, 0.25) is 11.8 Å². The van der Waals surface area contributed by atoms with E-state index in [0.717, 1.165) is 43.4 Å². The Morgan fingerprint density at radius 2 is 1.80 bits per heavy atom. The number of carbonyl (C=O) groups is 2. The molecular formula is C20H28N2O3. The summed E-state index contributed by atoms with van der Waals surface area (Å²) in [5.74, 6) is 1.56. The lowest BCUT2D eigenvalue weighted by Gasteiger charge is -2.20. The molecule has 0 spiro atoms. The zero-order valence-corrected chi connectivity index (χ0v) is 14.9. The van der Waals surface area contributed by atoms with E-state index in [-0.39, 0.29) is 29.6 Å². The van der Waals surface area contributed by atoms with Crippen LogP contribution >= 0.6 is 0 Å². The van der Waals surface area contributed by atoms with Crippen molar-refractivity contribution in [3.63, 3.8) is 0 Å². The Kier molecular flexibility index (Phi) is 5.95.